The third-order valence-electron chi connectivity index (χ3n) is 5.35. The molecule has 0 saturated carbocycles. The van der Waals surface area contributed by atoms with Crippen molar-refractivity contribution in [3.8, 4) is 5.75 Å². The Morgan fingerprint density at radius 3 is 2.83 bits per heavy atom. The lowest BCUT2D eigenvalue weighted by Crippen LogP contribution is -2.37. The molecular formula is C21H23FN4O2S. The summed E-state index contributed by atoms with van der Waals surface area (Å²) in [4.78, 5) is 21.1. The highest BCUT2D eigenvalue weighted by Crippen LogP contribution is 2.27. The Morgan fingerprint density at radius 1 is 1.28 bits per heavy atom. The number of aromatic nitrogens is 2. The molecule has 8 heteroatoms. The number of aromatic amines is 2. The van der Waals surface area contributed by atoms with Gasteiger partial charge >= 0.3 is 0 Å². The Morgan fingerprint density at radius 2 is 2.07 bits per heavy atom. The maximum atomic E-state index is 14.0. The van der Waals surface area contributed by atoms with E-state index >= 15 is 0 Å². The molecule has 1 aromatic heterocycles. The fourth-order valence-electron chi connectivity index (χ4n) is 3.93. The van der Waals surface area contributed by atoms with E-state index in [1.165, 1.54) is 12.1 Å². The zero-order valence-corrected chi connectivity index (χ0v) is 16.9. The van der Waals surface area contributed by atoms with Crippen LogP contribution in [0.25, 0.3) is 11.0 Å². The van der Waals surface area contributed by atoms with Crippen LogP contribution in [-0.4, -0.2) is 47.5 Å². The minimum Gasteiger partial charge on any atom is -0.497 e. The van der Waals surface area contributed by atoms with Gasteiger partial charge < -0.3 is 20.0 Å². The molecule has 1 fully saturated rings. The van der Waals surface area contributed by atoms with E-state index in [4.69, 9.17) is 17.0 Å². The van der Waals surface area contributed by atoms with E-state index in [1.54, 1.807) is 7.11 Å². The van der Waals surface area contributed by atoms with Gasteiger partial charge in [0, 0.05) is 6.54 Å². The molecule has 29 heavy (non-hydrogen) atoms. The summed E-state index contributed by atoms with van der Waals surface area (Å²) < 4.78 is 19.7. The van der Waals surface area contributed by atoms with Crippen molar-refractivity contribution >= 4 is 29.2 Å². The Hall–Kier alpha value is -2.71. The SMILES string of the molecule is COc1cccc(C(CNC(=O)c2cc(F)cc3[nH]c(=S)[nH]c23)N2CCCC2)c1. The third kappa shape index (κ3) is 4.18. The highest BCUT2D eigenvalue weighted by molar-refractivity contribution is 7.71. The molecule has 0 spiro atoms. The van der Waals surface area contributed by atoms with Gasteiger partial charge in [0.05, 0.1) is 29.7 Å². The summed E-state index contributed by atoms with van der Waals surface area (Å²) in [6, 6.07) is 10.5. The van der Waals surface area contributed by atoms with Crippen molar-refractivity contribution < 1.29 is 13.9 Å². The number of imidazole rings is 1. The van der Waals surface area contributed by atoms with Crippen LogP contribution in [0.1, 0.15) is 34.8 Å². The van der Waals surface area contributed by atoms with Crippen molar-refractivity contribution in [2.24, 2.45) is 0 Å². The average molecular weight is 415 g/mol. The maximum Gasteiger partial charge on any atom is 0.253 e. The molecule has 0 bridgehead atoms. The van der Waals surface area contributed by atoms with Crippen molar-refractivity contribution in [1.82, 2.24) is 20.2 Å². The monoisotopic (exact) mass is 414 g/mol. The highest BCUT2D eigenvalue weighted by atomic mass is 32.1. The predicted octanol–water partition coefficient (Wildman–Crippen LogP) is 3.94. The molecule has 4 rings (SSSR count). The highest BCUT2D eigenvalue weighted by Gasteiger charge is 2.25. The summed E-state index contributed by atoms with van der Waals surface area (Å²) in [5.41, 5.74) is 2.30. The zero-order chi connectivity index (χ0) is 20.4. The predicted molar refractivity (Wildman–Crippen MR) is 112 cm³/mol. The van der Waals surface area contributed by atoms with E-state index in [-0.39, 0.29) is 17.5 Å². The zero-order valence-electron chi connectivity index (χ0n) is 16.1. The Balaban J connectivity index is 1.59. The van der Waals surface area contributed by atoms with Gasteiger partial charge in [-0.3, -0.25) is 9.69 Å². The molecule has 1 aliphatic heterocycles. The molecule has 2 heterocycles. The lowest BCUT2D eigenvalue weighted by molar-refractivity contribution is 0.0939. The molecule has 0 radical (unpaired) electrons. The molecule has 152 valence electrons. The summed E-state index contributed by atoms with van der Waals surface area (Å²) in [6.07, 6.45) is 2.28. The number of ether oxygens (including phenoxy) is 1. The van der Waals surface area contributed by atoms with Crippen LogP contribution in [0.5, 0.6) is 5.75 Å². The molecule has 6 nitrogen and oxygen atoms in total. The van der Waals surface area contributed by atoms with Crippen molar-refractivity contribution in [1.29, 1.82) is 0 Å². The number of carbonyl (C=O) groups excluding carboxylic acids is 1. The molecule has 1 amide bonds. The van der Waals surface area contributed by atoms with Gasteiger partial charge in [0.25, 0.3) is 5.91 Å². The van der Waals surface area contributed by atoms with Gasteiger partial charge in [-0.1, -0.05) is 12.1 Å². The second kappa shape index (κ2) is 8.34. The number of nitrogens with zero attached hydrogens (tertiary/aromatic N) is 1. The number of hydrogen-bond acceptors (Lipinski definition) is 4. The first-order chi connectivity index (χ1) is 14.0. The molecule has 0 aliphatic carbocycles. The lowest BCUT2D eigenvalue weighted by atomic mass is 10.0. The maximum absolute atomic E-state index is 14.0. The molecule has 1 saturated heterocycles. The number of halogens is 1. The van der Waals surface area contributed by atoms with Gasteiger partial charge in [-0.15, -0.1) is 0 Å². The summed E-state index contributed by atoms with van der Waals surface area (Å²) in [5.74, 6) is -0.0478. The van der Waals surface area contributed by atoms with Crippen LogP contribution in [0.4, 0.5) is 4.39 Å². The van der Waals surface area contributed by atoms with Crippen LogP contribution in [0.2, 0.25) is 0 Å². The quantitative estimate of drug-likeness (QED) is 0.534. The molecule has 1 atom stereocenters. The van der Waals surface area contributed by atoms with Crippen molar-refractivity contribution in [3.63, 3.8) is 0 Å². The largest absolute Gasteiger partial charge is 0.497 e. The number of nitrogens with one attached hydrogen (secondary N) is 3. The standard InChI is InChI=1S/C21H23FN4O2S/c1-28-15-6-4-5-13(9-15)18(26-7-2-3-8-26)12-23-20(27)16-10-14(22)11-17-19(16)25-21(29)24-17/h4-6,9-11,18H,2-3,7-8,12H2,1H3,(H,23,27)(H2,24,25,29). The molecule has 1 unspecified atom stereocenters. The first kappa shape index (κ1) is 19.6. The topological polar surface area (TPSA) is 73.1 Å². The second-order valence-electron chi connectivity index (χ2n) is 7.20. The summed E-state index contributed by atoms with van der Waals surface area (Å²) >= 11 is 5.08. The summed E-state index contributed by atoms with van der Waals surface area (Å²) in [6.45, 7) is 2.37. The number of hydrogen-bond donors (Lipinski definition) is 3. The molecular weight excluding hydrogens is 391 g/mol. The van der Waals surface area contributed by atoms with Crippen molar-refractivity contribution in [2.45, 2.75) is 18.9 Å². The smallest absolute Gasteiger partial charge is 0.253 e. The Labute approximate surface area is 173 Å². The molecule has 2 aromatic carbocycles. The fourth-order valence-corrected chi connectivity index (χ4v) is 4.14. The van der Waals surface area contributed by atoms with Crippen LogP contribution >= 0.6 is 12.2 Å². The number of likely N-dealkylation sites (tertiary alicyclic amines) is 1. The van der Waals surface area contributed by atoms with Crippen molar-refractivity contribution in [3.05, 3.63) is 58.1 Å². The minimum absolute atomic E-state index is 0.0188. The van der Waals surface area contributed by atoms with Gasteiger partial charge in [-0.2, -0.15) is 0 Å². The summed E-state index contributed by atoms with van der Waals surface area (Å²) in [7, 11) is 1.64. The number of methoxy groups -OCH3 is 1. The van der Waals surface area contributed by atoms with Gasteiger partial charge in [-0.25, -0.2) is 4.39 Å². The first-order valence-electron chi connectivity index (χ1n) is 9.63. The van der Waals surface area contributed by atoms with E-state index in [1.807, 2.05) is 24.3 Å². The van der Waals surface area contributed by atoms with E-state index in [0.717, 1.165) is 37.2 Å². The summed E-state index contributed by atoms with van der Waals surface area (Å²) in [5, 5.41) is 2.98. The fraction of sp³-hybridized carbons (Fsp3) is 0.333. The second-order valence-corrected chi connectivity index (χ2v) is 7.61. The number of H-pyrrole nitrogens is 2. The van der Waals surface area contributed by atoms with Crippen LogP contribution < -0.4 is 10.1 Å². The molecule has 3 aromatic rings. The number of benzene rings is 2. The number of amides is 1. The first-order valence-corrected chi connectivity index (χ1v) is 10.0. The van der Waals surface area contributed by atoms with Crippen LogP contribution in [-0.2, 0) is 0 Å². The van der Waals surface area contributed by atoms with E-state index < -0.39 is 5.82 Å². The van der Waals surface area contributed by atoms with E-state index in [0.29, 0.717) is 22.3 Å². The Kier molecular flexibility index (Phi) is 5.64. The van der Waals surface area contributed by atoms with Gasteiger partial charge in [0.2, 0.25) is 0 Å². The minimum atomic E-state index is -0.489. The Bertz CT molecular complexity index is 1090. The van der Waals surface area contributed by atoms with E-state index in [2.05, 4.69) is 20.2 Å². The number of rotatable bonds is 6. The normalized spacial score (nSPS) is 15.5. The van der Waals surface area contributed by atoms with Crippen molar-refractivity contribution in [2.75, 3.05) is 26.7 Å². The van der Waals surface area contributed by atoms with Crippen LogP contribution in [0.15, 0.2) is 36.4 Å². The van der Waals surface area contributed by atoms with Gasteiger partial charge in [-0.05, 0) is 68.0 Å². The van der Waals surface area contributed by atoms with Crippen LogP contribution in [0.3, 0.4) is 0 Å². The van der Waals surface area contributed by atoms with Gasteiger partial charge in [0.1, 0.15) is 11.6 Å². The molecule has 1 aliphatic rings. The van der Waals surface area contributed by atoms with Crippen LogP contribution in [0, 0.1) is 10.6 Å². The third-order valence-corrected chi connectivity index (χ3v) is 5.55. The average Bonchev–Trinajstić information content (AvgIpc) is 3.36. The van der Waals surface area contributed by atoms with E-state index in [9.17, 15) is 9.18 Å². The number of carbonyl (C=O) groups is 1. The van der Waals surface area contributed by atoms with Gasteiger partial charge in [0.15, 0.2) is 4.77 Å². The number of fused-ring (bicyclic) bond motifs is 1. The molecule has 3 N–H and O–H groups in total. The lowest BCUT2D eigenvalue weighted by Gasteiger charge is -2.28.